The maximum atomic E-state index is 11.6. The molecular weight excluding hydrogens is 248 g/mol. The molecule has 5 N–H and O–H groups in total. The smallest absolute Gasteiger partial charge is 0.328 e. The molecule has 0 saturated heterocycles. The predicted octanol–water partition coefficient (Wildman–Crippen LogP) is -0.492. The van der Waals surface area contributed by atoms with Gasteiger partial charge in [0.1, 0.15) is 6.04 Å². The lowest BCUT2D eigenvalue weighted by atomic mass is 10.1. The monoisotopic (exact) mass is 266 g/mol. The minimum absolute atomic E-state index is 0.410. The second-order valence-corrected chi connectivity index (χ2v) is 4.21. The van der Waals surface area contributed by atoms with Crippen molar-refractivity contribution in [3.05, 3.63) is 35.9 Å². The Morgan fingerprint density at radius 2 is 1.89 bits per heavy atom. The summed E-state index contributed by atoms with van der Waals surface area (Å²) in [6, 6.07) is 7.44. The topological polar surface area (TPSA) is 113 Å². The summed E-state index contributed by atoms with van der Waals surface area (Å²) in [4.78, 5) is 22.3. The van der Waals surface area contributed by atoms with E-state index in [1.807, 2.05) is 30.3 Å². The SMILES string of the molecule is N[C@@H](CCc1ccccc1)C(=O)NC(CO)C(=O)O. The Kier molecular flexibility index (Phi) is 5.98. The molecule has 1 aromatic rings. The fourth-order valence-corrected chi connectivity index (χ4v) is 1.56. The number of benzene rings is 1. The summed E-state index contributed by atoms with van der Waals surface area (Å²) in [5.41, 5.74) is 6.74. The highest BCUT2D eigenvalue weighted by atomic mass is 16.4. The van der Waals surface area contributed by atoms with Gasteiger partial charge in [0.15, 0.2) is 0 Å². The van der Waals surface area contributed by atoms with E-state index >= 15 is 0 Å². The van der Waals surface area contributed by atoms with Gasteiger partial charge < -0.3 is 21.3 Å². The molecule has 0 aromatic heterocycles. The second-order valence-electron chi connectivity index (χ2n) is 4.21. The van der Waals surface area contributed by atoms with Crippen LogP contribution in [0.5, 0.6) is 0 Å². The van der Waals surface area contributed by atoms with Gasteiger partial charge in [-0.05, 0) is 18.4 Å². The molecule has 0 bridgehead atoms. The molecule has 0 aliphatic rings. The molecule has 0 radical (unpaired) electrons. The van der Waals surface area contributed by atoms with Gasteiger partial charge in [-0.3, -0.25) is 4.79 Å². The molecule has 0 spiro atoms. The summed E-state index contributed by atoms with van der Waals surface area (Å²) in [6.07, 6.45) is 1.04. The van der Waals surface area contributed by atoms with E-state index in [0.29, 0.717) is 12.8 Å². The quantitative estimate of drug-likeness (QED) is 0.532. The van der Waals surface area contributed by atoms with Crippen molar-refractivity contribution in [1.82, 2.24) is 5.32 Å². The number of hydrogen-bond donors (Lipinski definition) is 4. The number of amides is 1. The van der Waals surface area contributed by atoms with Crippen molar-refractivity contribution in [2.75, 3.05) is 6.61 Å². The first-order chi connectivity index (χ1) is 9.04. The van der Waals surface area contributed by atoms with Crippen LogP contribution in [0.3, 0.4) is 0 Å². The number of aliphatic hydroxyl groups is 1. The average molecular weight is 266 g/mol. The fraction of sp³-hybridized carbons (Fsp3) is 0.385. The molecule has 0 heterocycles. The van der Waals surface area contributed by atoms with Gasteiger partial charge in [-0.2, -0.15) is 0 Å². The lowest BCUT2D eigenvalue weighted by molar-refractivity contribution is -0.143. The Morgan fingerprint density at radius 1 is 1.26 bits per heavy atom. The minimum Gasteiger partial charge on any atom is -0.480 e. The predicted molar refractivity (Wildman–Crippen MR) is 69.4 cm³/mol. The zero-order valence-electron chi connectivity index (χ0n) is 10.5. The van der Waals surface area contributed by atoms with Crippen molar-refractivity contribution >= 4 is 11.9 Å². The van der Waals surface area contributed by atoms with Crippen molar-refractivity contribution in [2.45, 2.75) is 24.9 Å². The van der Waals surface area contributed by atoms with Gasteiger partial charge in [0, 0.05) is 0 Å². The van der Waals surface area contributed by atoms with Crippen LogP contribution in [-0.2, 0) is 16.0 Å². The molecular formula is C13H18N2O4. The van der Waals surface area contributed by atoms with E-state index in [1.165, 1.54) is 0 Å². The number of aryl methyl sites for hydroxylation is 1. The molecule has 1 aromatic carbocycles. The van der Waals surface area contributed by atoms with Crippen molar-refractivity contribution < 1.29 is 19.8 Å². The Morgan fingerprint density at radius 3 is 2.42 bits per heavy atom. The highest BCUT2D eigenvalue weighted by molar-refractivity contribution is 5.86. The van der Waals surface area contributed by atoms with Crippen molar-refractivity contribution in [1.29, 1.82) is 0 Å². The summed E-state index contributed by atoms with van der Waals surface area (Å²) in [7, 11) is 0. The standard InChI is InChI=1S/C13H18N2O4/c14-10(7-6-9-4-2-1-3-5-9)12(17)15-11(8-16)13(18)19/h1-5,10-11,16H,6-8,14H2,(H,15,17)(H,18,19)/t10-,11?/m0/s1. The third-order valence-corrected chi connectivity index (χ3v) is 2.72. The lowest BCUT2D eigenvalue weighted by Gasteiger charge is -2.16. The van der Waals surface area contributed by atoms with E-state index in [0.717, 1.165) is 5.56 Å². The first-order valence-electron chi connectivity index (χ1n) is 5.98. The van der Waals surface area contributed by atoms with Gasteiger partial charge in [-0.25, -0.2) is 4.79 Å². The van der Waals surface area contributed by atoms with Crippen LogP contribution in [0.4, 0.5) is 0 Å². The first kappa shape index (κ1) is 15.1. The highest BCUT2D eigenvalue weighted by Gasteiger charge is 2.22. The van der Waals surface area contributed by atoms with Crippen LogP contribution in [0.1, 0.15) is 12.0 Å². The third kappa shape index (κ3) is 5.07. The number of rotatable bonds is 7. The number of carboxylic acids is 1. The Balaban J connectivity index is 2.42. The van der Waals surface area contributed by atoms with E-state index in [-0.39, 0.29) is 0 Å². The number of carbonyl (C=O) groups excluding carboxylic acids is 1. The van der Waals surface area contributed by atoms with E-state index in [9.17, 15) is 9.59 Å². The van der Waals surface area contributed by atoms with Crippen LogP contribution in [-0.4, -0.2) is 40.8 Å². The zero-order valence-corrected chi connectivity index (χ0v) is 10.5. The molecule has 104 valence electrons. The summed E-state index contributed by atoms with van der Waals surface area (Å²) < 4.78 is 0. The van der Waals surface area contributed by atoms with E-state index in [1.54, 1.807) is 0 Å². The van der Waals surface area contributed by atoms with E-state index < -0.39 is 30.6 Å². The highest BCUT2D eigenvalue weighted by Crippen LogP contribution is 2.04. The Bertz CT molecular complexity index is 422. The first-order valence-corrected chi connectivity index (χ1v) is 5.98. The summed E-state index contributed by atoms with van der Waals surface area (Å²) in [5, 5.41) is 19.7. The van der Waals surface area contributed by atoms with Gasteiger partial charge in [0.2, 0.25) is 5.91 Å². The lowest BCUT2D eigenvalue weighted by Crippen LogP contribution is -2.50. The molecule has 2 atom stereocenters. The van der Waals surface area contributed by atoms with Gasteiger partial charge in [0.25, 0.3) is 0 Å². The number of carbonyl (C=O) groups is 2. The number of nitrogens with one attached hydrogen (secondary N) is 1. The van der Waals surface area contributed by atoms with Crippen molar-refractivity contribution in [2.24, 2.45) is 5.73 Å². The van der Waals surface area contributed by atoms with Crippen molar-refractivity contribution in [3.63, 3.8) is 0 Å². The van der Waals surface area contributed by atoms with Crippen LogP contribution in [0.15, 0.2) is 30.3 Å². The molecule has 1 unspecified atom stereocenters. The molecule has 0 aliphatic heterocycles. The molecule has 6 nitrogen and oxygen atoms in total. The van der Waals surface area contributed by atoms with Crippen LogP contribution in [0.25, 0.3) is 0 Å². The molecule has 0 aliphatic carbocycles. The number of carboxylic acid groups (broad SMARTS) is 1. The molecule has 0 fully saturated rings. The molecule has 1 rings (SSSR count). The normalized spacial score (nSPS) is 13.6. The molecule has 19 heavy (non-hydrogen) atoms. The third-order valence-electron chi connectivity index (χ3n) is 2.72. The summed E-state index contributed by atoms with van der Waals surface area (Å²) in [5.74, 6) is -1.86. The fourth-order valence-electron chi connectivity index (χ4n) is 1.56. The number of aliphatic hydroxyl groups excluding tert-OH is 1. The maximum absolute atomic E-state index is 11.6. The van der Waals surface area contributed by atoms with Crippen LogP contribution in [0, 0.1) is 0 Å². The average Bonchev–Trinajstić information content (AvgIpc) is 2.42. The Labute approximate surface area is 111 Å². The molecule has 0 saturated carbocycles. The number of aliphatic carboxylic acids is 1. The van der Waals surface area contributed by atoms with Gasteiger partial charge in [-0.1, -0.05) is 30.3 Å². The van der Waals surface area contributed by atoms with E-state index in [4.69, 9.17) is 15.9 Å². The molecule has 1 amide bonds. The van der Waals surface area contributed by atoms with Crippen LogP contribution < -0.4 is 11.1 Å². The van der Waals surface area contributed by atoms with Gasteiger partial charge in [0.05, 0.1) is 12.6 Å². The number of nitrogens with two attached hydrogens (primary N) is 1. The minimum atomic E-state index is -1.31. The summed E-state index contributed by atoms with van der Waals surface area (Å²) >= 11 is 0. The second kappa shape index (κ2) is 7.50. The largest absolute Gasteiger partial charge is 0.480 e. The van der Waals surface area contributed by atoms with Gasteiger partial charge in [-0.15, -0.1) is 0 Å². The zero-order chi connectivity index (χ0) is 14.3. The van der Waals surface area contributed by atoms with Crippen LogP contribution >= 0.6 is 0 Å². The van der Waals surface area contributed by atoms with E-state index in [2.05, 4.69) is 5.32 Å². The maximum Gasteiger partial charge on any atom is 0.328 e. The summed E-state index contributed by atoms with van der Waals surface area (Å²) in [6.45, 7) is -0.660. The van der Waals surface area contributed by atoms with Gasteiger partial charge >= 0.3 is 5.97 Å². The Hall–Kier alpha value is -1.92. The van der Waals surface area contributed by atoms with Crippen molar-refractivity contribution in [3.8, 4) is 0 Å². The number of hydrogen-bond acceptors (Lipinski definition) is 4. The van der Waals surface area contributed by atoms with Crippen LogP contribution in [0.2, 0.25) is 0 Å². The molecule has 6 heteroatoms.